The van der Waals surface area contributed by atoms with Gasteiger partial charge in [-0.2, -0.15) is 0 Å². The highest BCUT2D eigenvalue weighted by Gasteiger charge is 1.96. The lowest BCUT2D eigenvalue weighted by Crippen LogP contribution is -1.85. The molecule has 0 heterocycles. The highest BCUT2D eigenvalue weighted by molar-refractivity contribution is 7.33. The molecule has 0 aromatic heterocycles. The van der Waals surface area contributed by atoms with Crippen LogP contribution in [0.25, 0.3) is 0 Å². The molecule has 0 aliphatic rings. The van der Waals surface area contributed by atoms with Gasteiger partial charge in [0.15, 0.2) is 0 Å². The van der Waals surface area contributed by atoms with E-state index in [9.17, 15) is 0 Å². The third kappa shape index (κ3) is 6.28. The molecule has 0 rings (SSSR count). The van der Waals surface area contributed by atoms with E-state index in [1.807, 2.05) is 12.2 Å². The van der Waals surface area contributed by atoms with Crippen molar-refractivity contribution in [2.45, 2.75) is 6.04 Å². The Balaban J connectivity index is 3.15. The molecule has 0 bridgehead atoms. The van der Waals surface area contributed by atoms with Gasteiger partial charge in [-0.1, -0.05) is 24.8 Å². The minimum Gasteiger partial charge on any atom is -0.146 e. The van der Waals surface area contributed by atoms with Gasteiger partial charge in [0.2, 0.25) is 0 Å². The van der Waals surface area contributed by atoms with Gasteiger partial charge in [-0.3, -0.25) is 0 Å². The third-order valence-corrected chi connectivity index (χ3v) is 2.01. The molecule has 0 aromatic carbocycles. The van der Waals surface area contributed by atoms with Crippen LogP contribution in [0.5, 0.6) is 0 Å². The third-order valence-electron chi connectivity index (χ3n) is 0.544. The van der Waals surface area contributed by atoms with Gasteiger partial charge in [-0.05, 0) is 6.04 Å². The van der Waals surface area contributed by atoms with Crippen LogP contribution >= 0.6 is 22.2 Å². The second-order valence-electron chi connectivity index (χ2n) is 1.21. The molecule has 1 radical (unpaired) electrons. The van der Waals surface area contributed by atoms with E-state index < -0.39 is 7.42 Å². The summed E-state index contributed by atoms with van der Waals surface area (Å²) in [6, 6.07) is 0.791. The summed E-state index contributed by atoms with van der Waals surface area (Å²) in [5.74, 6) is 0. The van der Waals surface area contributed by atoms with E-state index in [1.165, 1.54) is 0 Å². The topological polar surface area (TPSA) is 0 Å². The molecule has 0 aliphatic carbocycles. The first-order chi connectivity index (χ1) is 3.77. The second-order valence-corrected chi connectivity index (χ2v) is 5.61. The van der Waals surface area contributed by atoms with E-state index in [1.54, 1.807) is 6.08 Å². The Morgan fingerprint density at radius 3 is 2.50 bits per heavy atom. The summed E-state index contributed by atoms with van der Waals surface area (Å²) in [4.78, 5) is 0. The zero-order valence-corrected chi connectivity index (χ0v) is 6.91. The van der Waals surface area contributed by atoms with Crippen LogP contribution in [0.4, 0.5) is 0 Å². The van der Waals surface area contributed by atoms with E-state index in [-0.39, 0.29) is 0 Å². The quantitative estimate of drug-likeness (QED) is 0.343. The number of hydrogen-bond donors (Lipinski definition) is 0. The molecule has 0 nitrogen and oxygen atoms in total. The Labute approximate surface area is 60.8 Å². The second kappa shape index (κ2) is 5.41. The van der Waals surface area contributed by atoms with E-state index in [2.05, 4.69) is 6.58 Å². The monoisotopic (exact) mass is 165 g/mol. The van der Waals surface area contributed by atoms with Crippen molar-refractivity contribution in [1.82, 2.24) is 0 Å². The maximum absolute atomic E-state index is 5.50. The molecule has 0 saturated carbocycles. The molecule has 0 aromatic rings. The normalized spacial score (nSPS) is 10.9. The first kappa shape index (κ1) is 8.28. The van der Waals surface area contributed by atoms with Crippen LogP contribution in [0.2, 0.25) is 6.04 Å². The number of hydrogen-bond acceptors (Lipinski definition) is 0. The van der Waals surface area contributed by atoms with Crippen LogP contribution in [-0.2, 0) is 0 Å². The van der Waals surface area contributed by atoms with Gasteiger partial charge >= 0.3 is 0 Å². The van der Waals surface area contributed by atoms with E-state index in [4.69, 9.17) is 22.2 Å². The Morgan fingerprint density at radius 1 is 1.50 bits per heavy atom. The van der Waals surface area contributed by atoms with Gasteiger partial charge in [-0.25, -0.2) is 0 Å². The van der Waals surface area contributed by atoms with Gasteiger partial charge in [0, 0.05) is 0 Å². The Hall–Kier alpha value is 0.277. The van der Waals surface area contributed by atoms with Crippen molar-refractivity contribution in [3.63, 3.8) is 0 Å². The van der Waals surface area contributed by atoms with Crippen LogP contribution in [0.15, 0.2) is 24.8 Å². The molecule has 8 heavy (non-hydrogen) atoms. The predicted molar refractivity (Wildman–Crippen MR) is 41.6 cm³/mol. The van der Waals surface area contributed by atoms with Crippen LogP contribution in [0.1, 0.15) is 0 Å². The zero-order chi connectivity index (χ0) is 6.41. The van der Waals surface area contributed by atoms with Gasteiger partial charge in [0.1, 0.15) is 0 Å². The molecular formula is C5H7Cl2Si. The van der Waals surface area contributed by atoms with Gasteiger partial charge in [-0.15, -0.1) is 22.2 Å². The summed E-state index contributed by atoms with van der Waals surface area (Å²) in [5.41, 5.74) is 0. The van der Waals surface area contributed by atoms with Crippen molar-refractivity contribution in [1.29, 1.82) is 0 Å². The lowest BCUT2D eigenvalue weighted by Gasteiger charge is -1.84. The number of rotatable bonds is 3. The fourth-order valence-corrected chi connectivity index (χ4v) is 1.10. The van der Waals surface area contributed by atoms with E-state index in [0.29, 0.717) is 0 Å². The molecule has 0 N–H and O–H groups in total. The first-order valence-corrected chi connectivity index (χ1v) is 5.95. The largest absolute Gasteiger partial charge is 0.277 e. The standard InChI is InChI=1S/C5H7Cl2Si/c1-2-3-4-5-8(6)7/h2-4H,1,5H2. The van der Waals surface area contributed by atoms with Crippen molar-refractivity contribution in [2.24, 2.45) is 0 Å². The predicted octanol–water partition coefficient (Wildman–Crippen LogP) is 2.69. The fourth-order valence-electron chi connectivity index (χ4n) is 0.253. The maximum Gasteiger partial charge on any atom is 0.277 e. The summed E-state index contributed by atoms with van der Waals surface area (Å²) in [7, 11) is -1.10. The summed E-state index contributed by atoms with van der Waals surface area (Å²) < 4.78 is 0. The van der Waals surface area contributed by atoms with Gasteiger partial charge in [0.05, 0.1) is 0 Å². The smallest absolute Gasteiger partial charge is 0.146 e. The first-order valence-electron chi connectivity index (χ1n) is 2.21. The molecular weight excluding hydrogens is 159 g/mol. The van der Waals surface area contributed by atoms with Crippen molar-refractivity contribution in [2.75, 3.05) is 0 Å². The maximum atomic E-state index is 5.50. The molecule has 0 aliphatic heterocycles. The minimum atomic E-state index is -1.10. The van der Waals surface area contributed by atoms with Crippen molar-refractivity contribution < 1.29 is 0 Å². The molecule has 0 fully saturated rings. The average Bonchev–Trinajstić information content (AvgIpc) is 1.66. The lowest BCUT2D eigenvalue weighted by molar-refractivity contribution is 1.70. The van der Waals surface area contributed by atoms with Crippen molar-refractivity contribution >= 4 is 29.6 Å². The SMILES string of the molecule is C=CC=CC[Si](Cl)Cl. The fraction of sp³-hybridized carbons (Fsp3) is 0.200. The summed E-state index contributed by atoms with van der Waals surface area (Å²) >= 11 is 11.0. The van der Waals surface area contributed by atoms with Crippen molar-refractivity contribution in [3.8, 4) is 0 Å². The van der Waals surface area contributed by atoms with Crippen molar-refractivity contribution in [3.05, 3.63) is 24.8 Å². The highest BCUT2D eigenvalue weighted by Crippen LogP contribution is 2.02. The molecule has 3 heteroatoms. The average molecular weight is 166 g/mol. The van der Waals surface area contributed by atoms with Crippen LogP contribution < -0.4 is 0 Å². The van der Waals surface area contributed by atoms with Crippen LogP contribution in [0.3, 0.4) is 0 Å². The molecule has 0 unspecified atom stereocenters. The lowest BCUT2D eigenvalue weighted by atomic mass is 10.5. The van der Waals surface area contributed by atoms with E-state index in [0.717, 1.165) is 6.04 Å². The minimum absolute atomic E-state index is 0.791. The molecule has 0 saturated heterocycles. The highest BCUT2D eigenvalue weighted by atomic mass is 35.7. The number of halogens is 2. The molecule has 0 amide bonds. The van der Waals surface area contributed by atoms with Gasteiger partial charge in [0.25, 0.3) is 7.42 Å². The Morgan fingerprint density at radius 2 is 2.12 bits per heavy atom. The van der Waals surface area contributed by atoms with Crippen LogP contribution in [0, 0.1) is 0 Å². The Bertz CT molecular complexity index is 88.4. The summed E-state index contributed by atoms with van der Waals surface area (Å²) in [6.45, 7) is 3.50. The van der Waals surface area contributed by atoms with Crippen LogP contribution in [-0.4, -0.2) is 7.42 Å². The van der Waals surface area contributed by atoms with E-state index >= 15 is 0 Å². The molecule has 0 atom stereocenters. The number of allylic oxidation sites excluding steroid dienone is 3. The summed E-state index contributed by atoms with van der Waals surface area (Å²) in [6.07, 6.45) is 5.47. The molecule has 45 valence electrons. The summed E-state index contributed by atoms with van der Waals surface area (Å²) in [5, 5.41) is 0. The zero-order valence-electron chi connectivity index (χ0n) is 4.40. The molecule has 0 spiro atoms. The Kier molecular flexibility index (Phi) is 5.60. The van der Waals surface area contributed by atoms with Gasteiger partial charge < -0.3 is 0 Å².